The highest BCUT2D eigenvalue weighted by Gasteiger charge is 2.48. The first-order valence-electron chi connectivity index (χ1n) is 16.2. The Hall–Kier alpha value is -4.91. The zero-order valence-corrected chi connectivity index (χ0v) is 28.6. The summed E-state index contributed by atoms with van der Waals surface area (Å²) in [6, 6.07) is 7.46. The fourth-order valence-corrected chi connectivity index (χ4v) is 9.02. The number of hydrogen-bond acceptors (Lipinski definition) is 11. The number of hydrogen-bond donors (Lipinski definition) is 2. The third-order valence-electron chi connectivity index (χ3n) is 10.2. The molecular weight excluding hydrogens is 708 g/mol. The van der Waals surface area contributed by atoms with Gasteiger partial charge < -0.3 is 25.8 Å². The molecule has 0 amide bonds. The molecule has 4 N–H and O–H groups in total. The molecule has 5 aromatic rings. The number of pyridine rings is 1. The summed E-state index contributed by atoms with van der Waals surface area (Å²) >= 11 is 7.90. The Labute approximate surface area is 297 Å². The van der Waals surface area contributed by atoms with Crippen molar-refractivity contribution in [3.05, 3.63) is 69.9 Å². The van der Waals surface area contributed by atoms with Gasteiger partial charge in [-0.3, -0.25) is 4.90 Å². The Bertz CT molecular complexity index is 2350. The summed E-state index contributed by atoms with van der Waals surface area (Å²) in [5.74, 6) is -0.890. The van der Waals surface area contributed by atoms with E-state index in [4.69, 9.17) is 37.5 Å². The van der Waals surface area contributed by atoms with E-state index in [1.807, 2.05) is 28.9 Å². The van der Waals surface area contributed by atoms with Crippen molar-refractivity contribution >= 4 is 60.6 Å². The Kier molecular flexibility index (Phi) is 8.08. The monoisotopic (exact) mass is 736 g/mol. The van der Waals surface area contributed by atoms with Crippen molar-refractivity contribution in [1.29, 1.82) is 5.26 Å². The molecule has 262 valence electrons. The second kappa shape index (κ2) is 12.4. The molecule has 0 aliphatic carbocycles. The first kappa shape index (κ1) is 33.2. The van der Waals surface area contributed by atoms with E-state index in [-0.39, 0.29) is 104 Å². The maximum Gasteiger partial charge on any atom is 0.319 e. The molecule has 3 aromatic heterocycles. The van der Waals surface area contributed by atoms with E-state index in [2.05, 4.69) is 9.97 Å². The average Bonchev–Trinajstić information content (AvgIpc) is 3.74. The number of nitrogens with two attached hydrogens (primary N) is 2. The Morgan fingerprint density at radius 2 is 2.02 bits per heavy atom. The molecule has 8 rings (SSSR count). The van der Waals surface area contributed by atoms with Crippen LogP contribution >= 0.6 is 22.9 Å². The van der Waals surface area contributed by atoms with Crippen LogP contribution in [0.25, 0.3) is 32.1 Å². The largest absolute Gasteiger partial charge is 0.489 e. The smallest absolute Gasteiger partial charge is 0.319 e. The lowest BCUT2D eigenvalue weighted by Gasteiger charge is -2.32. The number of nitrogens with zero attached hydrogens (tertiary/aromatic N) is 6. The highest BCUT2D eigenvalue weighted by Crippen LogP contribution is 2.51. The minimum absolute atomic E-state index is 0.0104. The first-order valence-corrected chi connectivity index (χ1v) is 17.4. The summed E-state index contributed by atoms with van der Waals surface area (Å²) in [5.41, 5.74) is 12.2. The van der Waals surface area contributed by atoms with Crippen LogP contribution in [0, 0.1) is 23.0 Å². The summed E-state index contributed by atoms with van der Waals surface area (Å²) < 4.78 is 72.3. The highest BCUT2D eigenvalue weighted by atomic mass is 35.5. The van der Waals surface area contributed by atoms with Gasteiger partial charge in [-0.2, -0.15) is 24.0 Å². The molecule has 0 radical (unpaired) electrons. The van der Waals surface area contributed by atoms with Crippen LogP contribution in [-0.4, -0.2) is 58.2 Å². The molecule has 0 unspecified atom stereocenters. The van der Waals surface area contributed by atoms with Crippen molar-refractivity contribution in [2.24, 2.45) is 0 Å². The molecule has 51 heavy (non-hydrogen) atoms. The van der Waals surface area contributed by atoms with Crippen LogP contribution in [0.4, 0.5) is 34.2 Å². The molecule has 2 fully saturated rings. The number of aromatic nitrogens is 3. The maximum atomic E-state index is 17.3. The van der Waals surface area contributed by atoms with Gasteiger partial charge in [-0.25, -0.2) is 13.8 Å². The molecule has 0 saturated carbocycles. The minimum atomic E-state index is -1.69. The van der Waals surface area contributed by atoms with Crippen molar-refractivity contribution in [2.45, 2.75) is 37.8 Å². The van der Waals surface area contributed by atoms with Crippen LogP contribution in [0.15, 0.2) is 42.1 Å². The fraction of sp³-hybridized carbons (Fsp3) is 0.314. The normalized spacial score (nSPS) is 19.2. The Morgan fingerprint density at radius 3 is 2.78 bits per heavy atom. The van der Waals surface area contributed by atoms with Crippen molar-refractivity contribution in [3.63, 3.8) is 0 Å². The van der Waals surface area contributed by atoms with Gasteiger partial charge in [0.1, 0.15) is 47.3 Å². The highest BCUT2D eigenvalue weighted by molar-refractivity contribution is 7.23. The quantitative estimate of drug-likeness (QED) is 0.168. The maximum absolute atomic E-state index is 17.3. The SMILES string of the molecule is C[C@H](c1cccnc1N)N1CCOc2c(Cl)c(-c3ccc(F)c4sc(N)c(C#N)c34)c(F)c3nc(OC[C@@]45CCCN4CC(=C(F)F)C5)nc1c23. The van der Waals surface area contributed by atoms with Crippen molar-refractivity contribution in [1.82, 2.24) is 19.9 Å². The molecule has 10 nitrogen and oxygen atoms in total. The fourth-order valence-electron chi connectivity index (χ4n) is 7.73. The number of thiophene rings is 1. The number of nitrogen functional groups attached to an aromatic ring is 2. The standard InChI is InChI=1S/C35H29ClF4N8O2S/c1-16(18-4-2-8-44-31(18)42)48-10-11-49-28-24-27(26(38)23(25(28)36)19-5-6-21(37)29-22(19)20(13-41)32(43)51-29)45-34(46-33(24)48)50-15-35-7-3-9-47(35)14-17(12-35)30(39)40/h2,4-6,8,16H,3,7,9-12,14-15,43H2,1H3,(H2,42,44)/t16-,35+/m1/s1. The van der Waals surface area contributed by atoms with E-state index < -0.39 is 29.3 Å². The third-order valence-corrected chi connectivity index (χ3v) is 11.6. The summed E-state index contributed by atoms with van der Waals surface area (Å²) in [5, 5.41) is 10.2. The van der Waals surface area contributed by atoms with E-state index in [1.165, 1.54) is 6.07 Å². The second-order valence-corrected chi connectivity index (χ2v) is 14.3. The van der Waals surface area contributed by atoms with Gasteiger partial charge in [-0.1, -0.05) is 23.7 Å². The minimum Gasteiger partial charge on any atom is -0.489 e. The van der Waals surface area contributed by atoms with Crippen molar-refractivity contribution < 1.29 is 27.0 Å². The van der Waals surface area contributed by atoms with Crippen LogP contribution in [0.5, 0.6) is 11.8 Å². The van der Waals surface area contributed by atoms with Gasteiger partial charge in [0.25, 0.3) is 6.08 Å². The molecule has 2 atom stereocenters. The number of benzene rings is 2. The van der Waals surface area contributed by atoms with E-state index in [0.717, 1.165) is 23.8 Å². The lowest BCUT2D eigenvalue weighted by molar-refractivity contribution is 0.108. The summed E-state index contributed by atoms with van der Waals surface area (Å²) in [7, 11) is 0. The van der Waals surface area contributed by atoms with Crippen LogP contribution in [0.1, 0.15) is 43.4 Å². The van der Waals surface area contributed by atoms with Crippen molar-refractivity contribution in [2.75, 3.05) is 49.2 Å². The predicted molar refractivity (Wildman–Crippen MR) is 187 cm³/mol. The Morgan fingerprint density at radius 1 is 1.20 bits per heavy atom. The number of anilines is 3. The van der Waals surface area contributed by atoms with Crippen LogP contribution < -0.4 is 25.8 Å². The number of fused-ring (bicyclic) bond motifs is 2. The van der Waals surface area contributed by atoms with E-state index in [9.17, 15) is 14.0 Å². The molecule has 0 bridgehead atoms. The molecule has 6 heterocycles. The molecule has 2 saturated heterocycles. The van der Waals surface area contributed by atoms with Crippen LogP contribution in [-0.2, 0) is 0 Å². The van der Waals surface area contributed by atoms with E-state index in [0.29, 0.717) is 24.3 Å². The van der Waals surface area contributed by atoms with Crippen LogP contribution in [0.3, 0.4) is 0 Å². The summed E-state index contributed by atoms with van der Waals surface area (Å²) in [6.07, 6.45) is 1.47. The molecule has 0 spiro atoms. The predicted octanol–water partition coefficient (Wildman–Crippen LogP) is 7.60. The van der Waals surface area contributed by atoms with Gasteiger partial charge >= 0.3 is 6.01 Å². The molecular formula is C35H29ClF4N8O2S. The van der Waals surface area contributed by atoms with E-state index in [1.54, 1.807) is 12.3 Å². The first-order chi connectivity index (χ1) is 24.5. The number of ether oxygens (including phenoxy) is 2. The zero-order chi connectivity index (χ0) is 35.8. The van der Waals surface area contributed by atoms with Gasteiger partial charge in [0, 0.05) is 34.8 Å². The number of rotatable bonds is 6. The summed E-state index contributed by atoms with van der Waals surface area (Å²) in [6.45, 7) is 3.02. The number of halogens is 5. The van der Waals surface area contributed by atoms with Gasteiger partial charge in [0.15, 0.2) is 11.6 Å². The van der Waals surface area contributed by atoms with Gasteiger partial charge in [0.05, 0.1) is 38.8 Å². The number of nitriles is 1. The Balaban J connectivity index is 1.35. The van der Waals surface area contributed by atoms with E-state index >= 15 is 8.78 Å². The lowest BCUT2D eigenvalue weighted by atomic mass is 9.94. The second-order valence-electron chi connectivity index (χ2n) is 12.9. The molecule has 3 aliphatic rings. The average molecular weight is 737 g/mol. The van der Waals surface area contributed by atoms with Crippen molar-refractivity contribution in [3.8, 4) is 29.0 Å². The van der Waals surface area contributed by atoms with Gasteiger partial charge in [-0.15, -0.1) is 11.3 Å². The third kappa shape index (κ3) is 5.18. The lowest BCUT2D eigenvalue weighted by Crippen LogP contribution is -2.43. The van der Waals surface area contributed by atoms with Gasteiger partial charge in [0.2, 0.25) is 0 Å². The van der Waals surface area contributed by atoms with Crippen LogP contribution in [0.2, 0.25) is 5.02 Å². The summed E-state index contributed by atoms with van der Waals surface area (Å²) in [4.78, 5) is 17.4. The molecule has 3 aliphatic heterocycles. The topological polar surface area (TPSA) is 139 Å². The molecule has 16 heteroatoms. The zero-order valence-electron chi connectivity index (χ0n) is 27.1. The molecule has 2 aromatic carbocycles. The van der Waals surface area contributed by atoms with Gasteiger partial charge in [-0.05, 0) is 50.4 Å².